The van der Waals surface area contributed by atoms with Crippen molar-refractivity contribution in [3.63, 3.8) is 0 Å². The molecule has 0 rings (SSSR count). The normalized spacial score (nSPS) is 13.0. The fourth-order valence-corrected chi connectivity index (χ4v) is 2.52. The van der Waals surface area contributed by atoms with Crippen LogP contribution in [0.25, 0.3) is 0 Å². The van der Waals surface area contributed by atoms with Gasteiger partial charge in [0.25, 0.3) is 0 Å². The lowest BCUT2D eigenvalue weighted by atomic mass is 9.92. The van der Waals surface area contributed by atoms with Crippen molar-refractivity contribution >= 4 is 0 Å². The van der Waals surface area contributed by atoms with E-state index in [1.54, 1.807) is 0 Å². The average Bonchev–Trinajstić information content (AvgIpc) is 2.40. The smallest absolute Gasteiger partial charge is 0.0114 e. The summed E-state index contributed by atoms with van der Waals surface area (Å²) in [6.07, 6.45) is 10.7. The van der Waals surface area contributed by atoms with Gasteiger partial charge in [0.1, 0.15) is 0 Å². The Morgan fingerprint density at radius 2 is 1.48 bits per heavy atom. The van der Waals surface area contributed by atoms with Crippen LogP contribution in [0.2, 0.25) is 0 Å². The highest BCUT2D eigenvalue weighted by Gasteiger charge is 2.07. The number of allylic oxidation sites excluding steroid dienone is 10. The molecule has 0 N–H and O–H groups in total. The van der Waals surface area contributed by atoms with Crippen molar-refractivity contribution in [2.75, 3.05) is 0 Å². The van der Waals surface area contributed by atoms with Crippen molar-refractivity contribution in [1.82, 2.24) is 0 Å². The van der Waals surface area contributed by atoms with Crippen LogP contribution in [-0.2, 0) is 0 Å². The predicted octanol–water partition coefficient (Wildman–Crippen LogP) is 7.65. The number of hydrogen-bond donors (Lipinski definition) is 0. The molecule has 0 bridgehead atoms. The zero-order chi connectivity index (χ0) is 18.0. The largest absolute Gasteiger partial charge is 0.0998 e. The van der Waals surface area contributed by atoms with Crippen LogP contribution in [0, 0.1) is 0 Å². The summed E-state index contributed by atoms with van der Waals surface area (Å²) in [7, 11) is 0. The Balaban J connectivity index is 5.32. The summed E-state index contributed by atoms with van der Waals surface area (Å²) >= 11 is 0. The minimum Gasteiger partial charge on any atom is -0.0998 e. The van der Waals surface area contributed by atoms with Gasteiger partial charge in [0.2, 0.25) is 0 Å². The summed E-state index contributed by atoms with van der Waals surface area (Å²) < 4.78 is 0. The van der Waals surface area contributed by atoms with E-state index in [0.29, 0.717) is 0 Å². The third kappa shape index (κ3) is 9.73. The molecule has 0 aliphatic rings. The molecule has 0 unspecified atom stereocenters. The second-order valence-corrected chi connectivity index (χ2v) is 6.57. The van der Waals surface area contributed by atoms with Gasteiger partial charge in [-0.1, -0.05) is 79.3 Å². The molecule has 0 amide bonds. The molecule has 0 nitrogen and oxygen atoms in total. The van der Waals surface area contributed by atoms with E-state index in [1.807, 2.05) is 13.8 Å². The van der Waals surface area contributed by atoms with E-state index in [2.05, 4.69) is 65.3 Å². The molecule has 0 aromatic heterocycles. The minimum absolute atomic E-state index is 0.978. The van der Waals surface area contributed by atoms with E-state index >= 15 is 0 Å². The lowest BCUT2D eigenvalue weighted by Crippen LogP contribution is -1.94. The number of hydrogen-bond acceptors (Lipinski definition) is 0. The quantitative estimate of drug-likeness (QED) is 0.287. The van der Waals surface area contributed by atoms with Crippen molar-refractivity contribution in [2.24, 2.45) is 0 Å². The van der Waals surface area contributed by atoms with Crippen molar-refractivity contribution < 1.29 is 0 Å². The van der Waals surface area contributed by atoms with Crippen LogP contribution >= 0.6 is 0 Å². The van der Waals surface area contributed by atoms with Gasteiger partial charge in [-0.15, -0.1) is 0 Å². The summed E-state index contributed by atoms with van der Waals surface area (Å²) in [6.45, 7) is 26.7. The molecular formula is C23H34. The van der Waals surface area contributed by atoms with Gasteiger partial charge in [0.15, 0.2) is 0 Å². The van der Waals surface area contributed by atoms with Gasteiger partial charge in [-0.3, -0.25) is 0 Å². The zero-order valence-electron chi connectivity index (χ0n) is 15.9. The van der Waals surface area contributed by atoms with Crippen LogP contribution in [0.15, 0.2) is 83.6 Å². The summed E-state index contributed by atoms with van der Waals surface area (Å²) in [5, 5.41) is 0. The molecule has 0 saturated heterocycles. The first-order chi connectivity index (χ1) is 10.7. The Bertz CT molecular complexity index is 559. The van der Waals surface area contributed by atoms with Gasteiger partial charge >= 0.3 is 0 Å². The monoisotopic (exact) mass is 310 g/mol. The first-order valence-corrected chi connectivity index (χ1v) is 8.39. The third-order valence-electron chi connectivity index (χ3n) is 3.52. The zero-order valence-corrected chi connectivity index (χ0v) is 15.9. The van der Waals surface area contributed by atoms with Crippen LogP contribution in [0.4, 0.5) is 0 Å². The first-order valence-electron chi connectivity index (χ1n) is 8.39. The molecule has 0 aliphatic heterocycles. The molecule has 0 spiro atoms. The predicted molar refractivity (Wildman–Crippen MR) is 108 cm³/mol. The molecule has 0 radical (unpaired) electrons. The second kappa shape index (κ2) is 10.8. The molecule has 0 heterocycles. The summed E-state index contributed by atoms with van der Waals surface area (Å²) in [6, 6.07) is 0. The molecule has 0 saturated carbocycles. The van der Waals surface area contributed by atoms with Gasteiger partial charge < -0.3 is 0 Å². The second-order valence-electron chi connectivity index (χ2n) is 6.57. The molecular weight excluding hydrogens is 276 g/mol. The third-order valence-corrected chi connectivity index (χ3v) is 3.52. The molecule has 0 aromatic carbocycles. The Morgan fingerprint density at radius 3 is 1.91 bits per heavy atom. The van der Waals surface area contributed by atoms with E-state index in [9.17, 15) is 0 Å². The van der Waals surface area contributed by atoms with Crippen molar-refractivity contribution in [1.29, 1.82) is 0 Å². The number of rotatable bonds is 10. The van der Waals surface area contributed by atoms with Gasteiger partial charge in [-0.2, -0.15) is 0 Å². The Labute approximate surface area is 144 Å². The van der Waals surface area contributed by atoms with E-state index in [4.69, 9.17) is 0 Å². The van der Waals surface area contributed by atoms with Gasteiger partial charge in [-0.05, 0) is 64.5 Å². The lowest BCUT2D eigenvalue weighted by Gasteiger charge is -2.14. The molecule has 0 heteroatoms. The molecule has 0 aromatic rings. The van der Waals surface area contributed by atoms with Crippen LogP contribution in [0.5, 0.6) is 0 Å². The minimum atomic E-state index is 0.978. The summed E-state index contributed by atoms with van der Waals surface area (Å²) in [5.41, 5.74) is 8.28. The van der Waals surface area contributed by atoms with E-state index in [-0.39, 0.29) is 0 Å². The van der Waals surface area contributed by atoms with E-state index in [1.165, 1.54) is 22.3 Å². The molecule has 0 aliphatic carbocycles. The van der Waals surface area contributed by atoms with Gasteiger partial charge in [0, 0.05) is 0 Å². The summed E-state index contributed by atoms with van der Waals surface area (Å²) in [5.74, 6) is 0. The fraction of sp³-hybridized carbons (Fsp3) is 0.391. The highest BCUT2D eigenvalue weighted by molar-refractivity contribution is 5.46. The Hall–Kier alpha value is -1.82. The average molecular weight is 311 g/mol. The standard InChI is InChI=1S/C23H34/c1-10-11-22(15-18(4)5)12-13-23(21(9)19(6)7)16-20(8)14-17(2)3/h11,14,16H,2,4,6,9-10,12-13,15H2,1,3,5,7-8H3. The van der Waals surface area contributed by atoms with Gasteiger partial charge in [0.05, 0.1) is 0 Å². The molecule has 126 valence electrons. The molecule has 0 fully saturated rings. The van der Waals surface area contributed by atoms with E-state index < -0.39 is 0 Å². The van der Waals surface area contributed by atoms with Crippen LogP contribution in [-0.4, -0.2) is 0 Å². The van der Waals surface area contributed by atoms with E-state index in [0.717, 1.165) is 42.4 Å². The Kier molecular flexibility index (Phi) is 9.97. The first kappa shape index (κ1) is 21.2. The maximum Gasteiger partial charge on any atom is -0.0114 e. The fourth-order valence-electron chi connectivity index (χ4n) is 2.52. The molecule has 23 heavy (non-hydrogen) atoms. The SMILES string of the molecule is C=C(C)C=C(C)C=C(CCC(=CCC)CC(=C)C)C(=C)C(=C)C. The van der Waals surface area contributed by atoms with Crippen LogP contribution in [0.1, 0.15) is 60.3 Å². The topological polar surface area (TPSA) is 0 Å². The highest BCUT2D eigenvalue weighted by atomic mass is 14.1. The summed E-state index contributed by atoms with van der Waals surface area (Å²) in [4.78, 5) is 0. The van der Waals surface area contributed by atoms with Crippen LogP contribution < -0.4 is 0 Å². The van der Waals surface area contributed by atoms with Crippen molar-refractivity contribution in [2.45, 2.75) is 60.3 Å². The lowest BCUT2D eigenvalue weighted by molar-refractivity contribution is 0.878. The van der Waals surface area contributed by atoms with Crippen molar-refractivity contribution in [3.05, 3.63) is 83.6 Å². The maximum absolute atomic E-state index is 4.22. The van der Waals surface area contributed by atoms with Crippen molar-refractivity contribution in [3.8, 4) is 0 Å². The van der Waals surface area contributed by atoms with Crippen LogP contribution in [0.3, 0.4) is 0 Å². The highest BCUT2D eigenvalue weighted by Crippen LogP contribution is 2.26. The molecule has 0 atom stereocenters. The maximum atomic E-state index is 4.22. The van der Waals surface area contributed by atoms with Gasteiger partial charge in [-0.25, -0.2) is 0 Å². The Morgan fingerprint density at radius 1 is 0.870 bits per heavy atom.